The van der Waals surface area contributed by atoms with Crippen molar-refractivity contribution < 1.29 is 4.79 Å². The van der Waals surface area contributed by atoms with Crippen LogP contribution in [-0.4, -0.2) is 35.7 Å². The Balaban J connectivity index is 1.26. The van der Waals surface area contributed by atoms with Crippen molar-refractivity contribution in [3.05, 3.63) is 75.4 Å². The minimum Gasteiger partial charge on any atom is -0.326 e. The first kappa shape index (κ1) is 29.8. The Morgan fingerprint density at radius 2 is 1.70 bits per heavy atom. The van der Waals surface area contributed by atoms with E-state index < -0.39 is 0 Å². The number of nitrogens with one attached hydrogen (secondary N) is 1. The van der Waals surface area contributed by atoms with Crippen LogP contribution in [0.5, 0.6) is 0 Å². The van der Waals surface area contributed by atoms with Gasteiger partial charge in [-0.25, -0.2) is 4.68 Å². The first-order chi connectivity index (χ1) is 19.4. The summed E-state index contributed by atoms with van der Waals surface area (Å²) in [6.07, 6.45) is 8.49. The first-order valence-electron chi connectivity index (χ1n) is 13.9. The monoisotopic (exact) mass is 580 g/mol. The van der Waals surface area contributed by atoms with Crippen molar-refractivity contribution in [3.63, 3.8) is 0 Å². The normalized spacial score (nSPS) is 12.1. The van der Waals surface area contributed by atoms with Crippen LogP contribution >= 0.6 is 23.4 Å². The molecule has 0 spiro atoms. The van der Waals surface area contributed by atoms with E-state index in [0.29, 0.717) is 28.5 Å². The number of halogens is 1. The van der Waals surface area contributed by atoms with Gasteiger partial charge in [-0.15, -0.1) is 10.2 Å². The second kappa shape index (κ2) is 14.5. The van der Waals surface area contributed by atoms with E-state index in [1.165, 1.54) is 4.68 Å². The van der Waals surface area contributed by atoms with E-state index in [0.717, 1.165) is 72.7 Å². The number of benzene rings is 2. The summed E-state index contributed by atoms with van der Waals surface area (Å²) in [6, 6.07) is 14.8. The van der Waals surface area contributed by atoms with Gasteiger partial charge in [-0.05, 0) is 49.6 Å². The summed E-state index contributed by atoms with van der Waals surface area (Å²) in [5.41, 5.74) is 1.49. The van der Waals surface area contributed by atoms with Crippen molar-refractivity contribution in [1.29, 1.82) is 0 Å². The first-order valence-corrected chi connectivity index (χ1v) is 15.2. The molecule has 0 fully saturated rings. The molecule has 2 heterocycles. The van der Waals surface area contributed by atoms with Gasteiger partial charge in [0.2, 0.25) is 5.91 Å². The zero-order chi connectivity index (χ0) is 28.5. The van der Waals surface area contributed by atoms with Crippen LogP contribution in [0.3, 0.4) is 0 Å². The number of nitrogens with zero attached hydrogens (tertiary/aromatic N) is 5. The van der Waals surface area contributed by atoms with Gasteiger partial charge in [0, 0.05) is 41.9 Å². The highest BCUT2D eigenvalue weighted by Crippen LogP contribution is 2.29. The van der Waals surface area contributed by atoms with Gasteiger partial charge in [-0.3, -0.25) is 9.59 Å². The van der Waals surface area contributed by atoms with Gasteiger partial charge in [0.05, 0.1) is 17.5 Å². The molecule has 1 atom stereocenters. The summed E-state index contributed by atoms with van der Waals surface area (Å²) in [5.74, 6) is 0.867. The lowest BCUT2D eigenvalue weighted by Gasteiger charge is -2.15. The van der Waals surface area contributed by atoms with Crippen molar-refractivity contribution in [2.24, 2.45) is 14.1 Å². The lowest BCUT2D eigenvalue weighted by atomic mass is 10.1. The molecule has 0 aliphatic heterocycles. The molecule has 2 aromatic carbocycles. The van der Waals surface area contributed by atoms with Gasteiger partial charge >= 0.3 is 0 Å². The molecule has 40 heavy (non-hydrogen) atoms. The maximum absolute atomic E-state index is 12.5. The lowest BCUT2D eigenvalue weighted by molar-refractivity contribution is -0.116. The van der Waals surface area contributed by atoms with E-state index in [4.69, 9.17) is 11.6 Å². The highest BCUT2D eigenvalue weighted by molar-refractivity contribution is 7.99. The Morgan fingerprint density at radius 3 is 2.45 bits per heavy atom. The maximum atomic E-state index is 12.5. The Kier molecular flexibility index (Phi) is 10.8. The molecular formula is C30H37ClN6O2S. The number of carbonyl (C=O) groups excluding carboxylic acids is 1. The average molecular weight is 581 g/mol. The van der Waals surface area contributed by atoms with Crippen molar-refractivity contribution in [2.45, 2.75) is 75.1 Å². The number of anilines is 1. The predicted octanol–water partition coefficient (Wildman–Crippen LogP) is 6.55. The zero-order valence-corrected chi connectivity index (χ0v) is 25.0. The van der Waals surface area contributed by atoms with Crippen LogP contribution in [-0.2, 0) is 25.3 Å². The Hall–Kier alpha value is -3.17. The van der Waals surface area contributed by atoms with Gasteiger partial charge in [0.15, 0.2) is 5.16 Å². The maximum Gasteiger partial charge on any atom is 0.274 e. The summed E-state index contributed by atoms with van der Waals surface area (Å²) < 4.78 is 3.45. The minimum atomic E-state index is -0.0998. The molecule has 8 nitrogen and oxygen atoms in total. The van der Waals surface area contributed by atoms with Crippen LogP contribution in [0.1, 0.15) is 69.8 Å². The van der Waals surface area contributed by atoms with E-state index in [1.807, 2.05) is 48.0 Å². The molecule has 0 aliphatic rings. The number of thioether (sulfide) groups is 1. The van der Waals surface area contributed by atoms with E-state index in [1.54, 1.807) is 30.9 Å². The third-order valence-corrected chi connectivity index (χ3v) is 8.60. The lowest BCUT2D eigenvalue weighted by Crippen LogP contribution is -2.21. The standard InChI is InChI=1S/C30H37ClN6O2S/c1-4-11-23(12-7-5-6-8-15-28(38)32-22-18-16-21(31)17-19-22)40-30-34-33-27(36(30)2)20-26-24-13-9-10-14-25(24)29(39)37(3)35-26/h9-10,13-14,16-19,23H,4-8,11-12,15,20H2,1-3H3,(H,32,38). The van der Waals surface area contributed by atoms with Crippen molar-refractivity contribution in [2.75, 3.05) is 5.32 Å². The quantitative estimate of drug-likeness (QED) is 0.134. The number of hydrogen-bond donors (Lipinski definition) is 1. The molecule has 4 aromatic rings. The Labute approximate surface area is 244 Å². The van der Waals surface area contributed by atoms with Gasteiger partial charge in [0.1, 0.15) is 5.82 Å². The molecule has 0 aliphatic carbocycles. The second-order valence-corrected chi connectivity index (χ2v) is 11.8. The fourth-order valence-corrected chi connectivity index (χ4v) is 6.17. The fourth-order valence-electron chi connectivity index (χ4n) is 4.76. The molecule has 0 radical (unpaired) electrons. The molecule has 0 saturated carbocycles. The molecule has 1 unspecified atom stereocenters. The number of fused-ring (bicyclic) bond motifs is 1. The molecule has 212 valence electrons. The fraction of sp³-hybridized carbons (Fsp3) is 0.433. The molecule has 1 amide bonds. The Bertz CT molecular complexity index is 1480. The van der Waals surface area contributed by atoms with E-state index in [-0.39, 0.29) is 11.5 Å². The van der Waals surface area contributed by atoms with E-state index in [9.17, 15) is 9.59 Å². The number of aromatic nitrogens is 5. The van der Waals surface area contributed by atoms with Crippen LogP contribution < -0.4 is 10.9 Å². The molecule has 2 aromatic heterocycles. The topological polar surface area (TPSA) is 94.7 Å². The second-order valence-electron chi connectivity index (χ2n) is 10.1. The number of hydrogen-bond acceptors (Lipinski definition) is 6. The smallest absolute Gasteiger partial charge is 0.274 e. The average Bonchev–Trinajstić information content (AvgIpc) is 3.28. The number of unbranched alkanes of at least 4 members (excludes halogenated alkanes) is 3. The van der Waals surface area contributed by atoms with Crippen LogP contribution in [0.2, 0.25) is 5.02 Å². The molecule has 1 N–H and O–H groups in total. The summed E-state index contributed by atoms with van der Waals surface area (Å²) in [7, 11) is 3.68. The summed E-state index contributed by atoms with van der Waals surface area (Å²) in [6.45, 7) is 2.21. The molecular weight excluding hydrogens is 544 g/mol. The highest BCUT2D eigenvalue weighted by Gasteiger charge is 2.18. The summed E-state index contributed by atoms with van der Waals surface area (Å²) >= 11 is 7.69. The third-order valence-electron chi connectivity index (χ3n) is 6.97. The summed E-state index contributed by atoms with van der Waals surface area (Å²) in [4.78, 5) is 24.7. The minimum absolute atomic E-state index is 0.0424. The molecule has 0 bridgehead atoms. The number of carbonyl (C=O) groups is 1. The van der Waals surface area contributed by atoms with Crippen LogP contribution in [0.25, 0.3) is 10.8 Å². The number of aryl methyl sites for hydroxylation is 1. The molecule has 4 rings (SSSR count). The third kappa shape index (κ3) is 7.95. The van der Waals surface area contributed by atoms with Gasteiger partial charge in [-0.1, -0.05) is 74.2 Å². The van der Waals surface area contributed by atoms with Crippen molar-refractivity contribution in [1.82, 2.24) is 24.5 Å². The van der Waals surface area contributed by atoms with Crippen molar-refractivity contribution in [3.8, 4) is 0 Å². The molecule has 0 saturated heterocycles. The molecule has 10 heteroatoms. The van der Waals surface area contributed by atoms with Crippen LogP contribution in [0.4, 0.5) is 5.69 Å². The predicted molar refractivity (Wildman–Crippen MR) is 163 cm³/mol. The van der Waals surface area contributed by atoms with Gasteiger partial charge < -0.3 is 9.88 Å². The van der Waals surface area contributed by atoms with Crippen LogP contribution in [0.15, 0.2) is 58.5 Å². The van der Waals surface area contributed by atoms with Gasteiger partial charge in [0.25, 0.3) is 5.56 Å². The number of rotatable bonds is 14. The van der Waals surface area contributed by atoms with E-state index in [2.05, 4.69) is 27.5 Å². The Morgan fingerprint density at radius 1 is 0.975 bits per heavy atom. The largest absolute Gasteiger partial charge is 0.326 e. The van der Waals surface area contributed by atoms with E-state index >= 15 is 0 Å². The number of amides is 1. The van der Waals surface area contributed by atoms with Crippen molar-refractivity contribution >= 4 is 45.7 Å². The van der Waals surface area contributed by atoms with Crippen LogP contribution in [0, 0.1) is 0 Å². The zero-order valence-electron chi connectivity index (χ0n) is 23.4. The summed E-state index contributed by atoms with van der Waals surface area (Å²) in [5, 5.41) is 20.0. The van der Waals surface area contributed by atoms with Gasteiger partial charge in [-0.2, -0.15) is 5.10 Å². The highest BCUT2D eigenvalue weighted by atomic mass is 35.5. The SMILES string of the molecule is CCCC(CCCCCCC(=O)Nc1ccc(Cl)cc1)Sc1nnc(Cc2nn(C)c(=O)c3ccccc23)n1C.